The zero-order valence-electron chi connectivity index (χ0n) is 14.5. The lowest BCUT2D eigenvalue weighted by molar-refractivity contribution is 0.102. The van der Waals surface area contributed by atoms with Crippen LogP contribution in [0.25, 0.3) is 10.9 Å². The minimum Gasteiger partial charge on any atom is -0.296 e. The van der Waals surface area contributed by atoms with Crippen LogP contribution in [0.15, 0.2) is 65.1 Å². The molecular weight excluding hydrogens is 376 g/mol. The number of thioether (sulfide) groups is 1. The van der Waals surface area contributed by atoms with Crippen molar-refractivity contribution in [1.29, 1.82) is 0 Å². The van der Waals surface area contributed by atoms with E-state index in [4.69, 9.17) is 0 Å². The molecule has 0 aliphatic heterocycles. The van der Waals surface area contributed by atoms with Gasteiger partial charge in [0.1, 0.15) is 0 Å². The predicted octanol–water partition coefficient (Wildman–Crippen LogP) is 4.94. The first kappa shape index (κ1) is 17.6. The van der Waals surface area contributed by atoms with Crippen LogP contribution in [0.4, 0.5) is 5.13 Å². The lowest BCUT2D eigenvalue weighted by atomic mass is 10.0. The van der Waals surface area contributed by atoms with Crippen molar-refractivity contribution in [3.8, 4) is 0 Å². The molecule has 27 heavy (non-hydrogen) atoms. The van der Waals surface area contributed by atoms with Gasteiger partial charge in [-0.25, -0.2) is 0 Å². The van der Waals surface area contributed by atoms with Crippen LogP contribution >= 0.6 is 23.1 Å². The molecule has 0 saturated heterocycles. The molecular formula is C20H16N4OS2. The fraction of sp³-hybridized carbons (Fsp3) is 0.100. The molecule has 0 atom stereocenters. The second-order valence-electron chi connectivity index (χ2n) is 5.93. The number of anilines is 1. The standard InChI is InChI=1S/C20H16N4OS2/c1-13-9-10-16-15(8-5-11-21-16)17(13)18(25)22-19-23-24-20(27-19)26-12-14-6-3-2-4-7-14/h2-11H,12H2,1H3,(H,22,23,25). The van der Waals surface area contributed by atoms with Gasteiger partial charge in [-0.1, -0.05) is 65.6 Å². The Hall–Kier alpha value is -2.77. The molecule has 0 unspecified atom stereocenters. The first-order chi connectivity index (χ1) is 13.2. The van der Waals surface area contributed by atoms with Crippen molar-refractivity contribution < 1.29 is 4.79 Å². The monoisotopic (exact) mass is 392 g/mol. The van der Waals surface area contributed by atoms with Crippen molar-refractivity contribution in [1.82, 2.24) is 15.2 Å². The molecule has 0 spiro atoms. The Morgan fingerprint density at radius 3 is 2.78 bits per heavy atom. The number of benzene rings is 2. The average Bonchev–Trinajstić information content (AvgIpc) is 3.14. The number of rotatable bonds is 5. The van der Waals surface area contributed by atoms with Crippen molar-refractivity contribution in [3.63, 3.8) is 0 Å². The molecule has 4 aromatic rings. The molecule has 0 radical (unpaired) electrons. The number of nitrogens with one attached hydrogen (secondary N) is 1. The fourth-order valence-electron chi connectivity index (χ4n) is 2.76. The molecule has 0 aliphatic carbocycles. The van der Waals surface area contributed by atoms with E-state index in [0.29, 0.717) is 10.7 Å². The fourth-order valence-corrected chi connectivity index (χ4v) is 4.46. The van der Waals surface area contributed by atoms with E-state index in [9.17, 15) is 4.79 Å². The summed E-state index contributed by atoms with van der Waals surface area (Å²) in [7, 11) is 0. The van der Waals surface area contributed by atoms with Crippen LogP contribution in [0.3, 0.4) is 0 Å². The summed E-state index contributed by atoms with van der Waals surface area (Å²) < 4.78 is 0.825. The van der Waals surface area contributed by atoms with E-state index in [-0.39, 0.29) is 5.91 Å². The quantitative estimate of drug-likeness (QED) is 0.385. The third-order valence-electron chi connectivity index (χ3n) is 4.05. The third kappa shape index (κ3) is 3.99. The molecule has 2 aromatic heterocycles. The smallest absolute Gasteiger partial charge is 0.258 e. The maximum absolute atomic E-state index is 12.8. The maximum atomic E-state index is 12.8. The number of nitrogens with zero attached hydrogens (tertiary/aromatic N) is 3. The van der Waals surface area contributed by atoms with E-state index in [1.807, 2.05) is 49.4 Å². The summed E-state index contributed by atoms with van der Waals surface area (Å²) in [6.45, 7) is 1.92. The number of carbonyl (C=O) groups excluding carboxylic acids is 1. The minimum absolute atomic E-state index is 0.193. The van der Waals surface area contributed by atoms with Gasteiger partial charge >= 0.3 is 0 Å². The van der Waals surface area contributed by atoms with Crippen LogP contribution < -0.4 is 5.32 Å². The molecule has 2 aromatic carbocycles. The average molecular weight is 393 g/mol. The molecule has 0 fully saturated rings. The number of amides is 1. The molecule has 0 saturated carbocycles. The second-order valence-corrected chi connectivity index (χ2v) is 8.13. The summed E-state index contributed by atoms with van der Waals surface area (Å²) in [5, 5.41) is 12.5. The number of carbonyl (C=O) groups is 1. The van der Waals surface area contributed by atoms with Crippen LogP contribution in [-0.2, 0) is 5.75 Å². The molecule has 2 heterocycles. The summed E-state index contributed by atoms with van der Waals surface area (Å²) in [4.78, 5) is 17.2. The summed E-state index contributed by atoms with van der Waals surface area (Å²) in [5.74, 6) is 0.624. The van der Waals surface area contributed by atoms with Crippen LogP contribution in [-0.4, -0.2) is 21.1 Å². The predicted molar refractivity (Wildman–Crippen MR) is 110 cm³/mol. The Balaban J connectivity index is 1.49. The van der Waals surface area contributed by atoms with Gasteiger partial charge in [-0.05, 0) is 30.2 Å². The van der Waals surface area contributed by atoms with Crippen molar-refractivity contribution >= 4 is 45.0 Å². The van der Waals surface area contributed by atoms with Gasteiger partial charge in [0.25, 0.3) is 5.91 Å². The van der Waals surface area contributed by atoms with Crippen molar-refractivity contribution in [2.45, 2.75) is 17.0 Å². The summed E-state index contributed by atoms with van der Waals surface area (Å²) in [6, 6.07) is 17.8. The van der Waals surface area contributed by atoms with Gasteiger partial charge in [0.2, 0.25) is 5.13 Å². The van der Waals surface area contributed by atoms with Crippen LogP contribution in [0, 0.1) is 6.92 Å². The number of aromatic nitrogens is 3. The normalized spacial score (nSPS) is 10.9. The molecule has 7 heteroatoms. The highest BCUT2D eigenvalue weighted by Crippen LogP contribution is 2.29. The SMILES string of the molecule is Cc1ccc2ncccc2c1C(=O)Nc1nnc(SCc2ccccc2)s1. The van der Waals surface area contributed by atoms with Gasteiger partial charge in [0, 0.05) is 17.3 Å². The zero-order chi connectivity index (χ0) is 18.6. The van der Waals surface area contributed by atoms with E-state index < -0.39 is 0 Å². The molecule has 4 rings (SSSR count). The largest absolute Gasteiger partial charge is 0.296 e. The van der Waals surface area contributed by atoms with Gasteiger partial charge < -0.3 is 0 Å². The molecule has 0 aliphatic rings. The van der Waals surface area contributed by atoms with Crippen molar-refractivity contribution in [3.05, 3.63) is 77.5 Å². The van der Waals surface area contributed by atoms with Crippen molar-refractivity contribution in [2.75, 3.05) is 5.32 Å². The zero-order valence-corrected chi connectivity index (χ0v) is 16.2. The van der Waals surface area contributed by atoms with E-state index >= 15 is 0 Å². The molecule has 134 valence electrons. The molecule has 1 amide bonds. The first-order valence-corrected chi connectivity index (χ1v) is 10.2. The van der Waals surface area contributed by atoms with Crippen LogP contribution in [0.5, 0.6) is 0 Å². The lowest BCUT2D eigenvalue weighted by Crippen LogP contribution is -2.14. The number of pyridine rings is 1. The third-order valence-corrected chi connectivity index (χ3v) is 6.10. The Bertz CT molecular complexity index is 1100. The highest BCUT2D eigenvalue weighted by Gasteiger charge is 2.16. The molecule has 1 N–H and O–H groups in total. The van der Waals surface area contributed by atoms with Gasteiger partial charge in [0.15, 0.2) is 4.34 Å². The Morgan fingerprint density at radius 2 is 1.93 bits per heavy atom. The summed E-state index contributed by atoms with van der Waals surface area (Å²) >= 11 is 2.99. The van der Waals surface area contributed by atoms with E-state index in [2.05, 4.69) is 32.6 Å². The topological polar surface area (TPSA) is 67.8 Å². The summed E-state index contributed by atoms with van der Waals surface area (Å²) in [5.41, 5.74) is 3.54. The van der Waals surface area contributed by atoms with Gasteiger partial charge in [0.05, 0.1) is 11.1 Å². The van der Waals surface area contributed by atoms with E-state index in [0.717, 1.165) is 26.6 Å². The van der Waals surface area contributed by atoms with E-state index in [1.54, 1.807) is 18.0 Å². The molecule has 0 bridgehead atoms. The van der Waals surface area contributed by atoms with Crippen molar-refractivity contribution in [2.24, 2.45) is 0 Å². The van der Waals surface area contributed by atoms with Crippen LogP contribution in [0.2, 0.25) is 0 Å². The number of hydrogen-bond acceptors (Lipinski definition) is 6. The Labute approximate surface area is 164 Å². The lowest BCUT2D eigenvalue weighted by Gasteiger charge is -2.08. The summed E-state index contributed by atoms with van der Waals surface area (Å²) in [6.07, 6.45) is 1.72. The molecule has 5 nitrogen and oxygen atoms in total. The highest BCUT2D eigenvalue weighted by molar-refractivity contribution is 8.00. The first-order valence-electron chi connectivity index (χ1n) is 8.36. The number of hydrogen-bond donors (Lipinski definition) is 1. The number of aryl methyl sites for hydroxylation is 1. The minimum atomic E-state index is -0.193. The van der Waals surface area contributed by atoms with Gasteiger partial charge in [-0.15, -0.1) is 10.2 Å². The maximum Gasteiger partial charge on any atom is 0.258 e. The Morgan fingerprint density at radius 1 is 1.07 bits per heavy atom. The van der Waals surface area contributed by atoms with E-state index in [1.165, 1.54) is 16.9 Å². The van der Waals surface area contributed by atoms with Crippen LogP contribution in [0.1, 0.15) is 21.5 Å². The van der Waals surface area contributed by atoms with Gasteiger partial charge in [-0.3, -0.25) is 15.1 Å². The Kier molecular flexibility index (Phi) is 5.13. The van der Waals surface area contributed by atoms with Gasteiger partial charge in [-0.2, -0.15) is 0 Å². The highest BCUT2D eigenvalue weighted by atomic mass is 32.2. The number of fused-ring (bicyclic) bond motifs is 1. The second kappa shape index (κ2) is 7.85.